The maximum absolute atomic E-state index is 12.6. The van der Waals surface area contributed by atoms with Gasteiger partial charge in [0, 0.05) is 153 Å². The molecule has 137 heavy (non-hydrogen) atoms. The summed E-state index contributed by atoms with van der Waals surface area (Å²) in [5, 5.41) is 3.46. The van der Waals surface area contributed by atoms with Crippen LogP contribution < -0.4 is 32.5 Å². The van der Waals surface area contributed by atoms with Crippen LogP contribution >= 0.6 is 34.8 Å². The van der Waals surface area contributed by atoms with Gasteiger partial charge in [0.2, 0.25) is 5.91 Å². The fourth-order valence-corrected chi connectivity index (χ4v) is 21.3. The van der Waals surface area contributed by atoms with E-state index in [1.807, 2.05) is 56.3 Å². The summed E-state index contributed by atoms with van der Waals surface area (Å²) >= 11 is 17.7. The summed E-state index contributed by atoms with van der Waals surface area (Å²) in [6.07, 6.45) is 29.3. The number of carbonyl (C=O) groups excluding carboxylic acids is 3. The van der Waals surface area contributed by atoms with Crippen LogP contribution in [-0.4, -0.2) is 152 Å². The van der Waals surface area contributed by atoms with E-state index >= 15 is 0 Å². The number of sulfone groups is 3. The van der Waals surface area contributed by atoms with Crippen molar-refractivity contribution in [3.63, 3.8) is 0 Å². The third-order valence-corrected chi connectivity index (χ3v) is 31.8. The number of allylic oxidation sites excluding steroid dienone is 5. The minimum atomic E-state index is -3.28. The molecule has 4 aliphatic carbocycles. The second-order valence-corrected chi connectivity index (χ2v) is 44.8. The first-order valence-corrected chi connectivity index (χ1v) is 53.9. The highest BCUT2D eigenvalue weighted by molar-refractivity contribution is 7.92. The lowest BCUT2D eigenvalue weighted by Gasteiger charge is -2.29. The van der Waals surface area contributed by atoms with Crippen molar-refractivity contribution in [1.29, 1.82) is 0 Å². The minimum Gasteiger partial charge on any atom is -0.381 e. The topological polar surface area (TPSA) is 337 Å². The Labute approximate surface area is 816 Å². The van der Waals surface area contributed by atoms with Gasteiger partial charge in [-0.1, -0.05) is 178 Å². The molecule has 4 saturated carbocycles. The van der Waals surface area contributed by atoms with Crippen LogP contribution in [0.25, 0.3) is 27.9 Å². The number of ketones is 2. The Balaban J connectivity index is 0.000000137. The molecule has 9 heterocycles. The summed E-state index contributed by atoms with van der Waals surface area (Å²) in [7, 11) is -9.77. The molecule has 1 amide bonds. The predicted octanol–water partition coefficient (Wildman–Crippen LogP) is 19.3. The van der Waals surface area contributed by atoms with Crippen LogP contribution in [0.2, 0.25) is 15.1 Å². The standard InChI is InChI=1S/C22H25ClN2O3.2C22H25NO4S.C21H22ClNO4S.C21H24ClNO2/c23-20-5-6-21(24-22(20)26)19(15-16-7-11-27-12-8-16)17-1-3-18(4-2-17)25-9-13-28-14-10-25;1-28(26,27)18-8-5-16(6-9-18)20(13-14-2-7-17(24)12-14)21-11-10-19(15-3-4-15)22(25)23-21;1-14(2)19-10-11-21(23-22(19)25)20(13-15-4-7-17(24)12-15)16-5-8-18(9-6-16)28(3,26)27;22-19-7-8-20(23-21(19)24)18(13-14-9-11-27-12-10-14)15-1-3-16(4-2-15)28(25,26)17-5-6-17;1-14(2)16-3-5-17(6-4-16)18(13-15-9-11-25-12-10-15)20-8-7-19(22)21(24)23-20/h1-6,15-16H,7-14H2,(H,24,26);5-6,8-10,13-15,21H,2-4,7,11-12H2,1H3,(H,23,25);5-6,8-11,13-15H,4,7,12H2,1-3H3,(H,23,25);1-4,7-8,13-14,17H,5-6,9-12H2,(H,23,24);3-8,13-15H,9-12H2,1-2H3,(H,23,24)/b19-15+;2*20-13+;2*18-13+/t;14-,21?;15-;;/m.00../s1. The van der Waals surface area contributed by atoms with Crippen molar-refractivity contribution in [2.75, 3.05) is 83.4 Å². The monoisotopic (exact) mass is 1970 g/mol. The molecular weight excluding hydrogens is 1860 g/mol. The van der Waals surface area contributed by atoms with E-state index in [9.17, 15) is 58.8 Å². The molecule has 5 aromatic carbocycles. The molecule has 23 nitrogen and oxygen atoms in total. The number of aromatic amines is 4. The number of ether oxygens (including phenoxy) is 4. The fourth-order valence-electron chi connectivity index (χ4n) is 18.0. The molecular formula is C108H121Cl3N6O17S3. The molecule has 1 unspecified atom stereocenters. The van der Waals surface area contributed by atoms with Crippen LogP contribution in [0.5, 0.6) is 0 Å². The molecule has 5 N–H and O–H groups in total. The summed E-state index contributed by atoms with van der Waals surface area (Å²) in [5.41, 5.74) is 15.5. The first kappa shape index (κ1) is 102. The summed E-state index contributed by atoms with van der Waals surface area (Å²) in [5.74, 6) is 3.04. The summed E-state index contributed by atoms with van der Waals surface area (Å²) < 4.78 is 93.8. The van der Waals surface area contributed by atoms with Gasteiger partial charge in [0.05, 0.1) is 39.2 Å². The van der Waals surface area contributed by atoms with Crippen LogP contribution in [-0.2, 0) is 62.8 Å². The van der Waals surface area contributed by atoms with Crippen LogP contribution in [0.4, 0.5) is 5.69 Å². The Kier molecular flexibility index (Phi) is 35.1. The highest BCUT2D eigenvalue weighted by Gasteiger charge is 2.38. The van der Waals surface area contributed by atoms with Gasteiger partial charge < -0.3 is 49.1 Å². The van der Waals surface area contributed by atoms with Gasteiger partial charge in [-0.2, -0.15) is 0 Å². The van der Waals surface area contributed by atoms with E-state index in [-0.39, 0.29) is 93.6 Å². The van der Waals surface area contributed by atoms with Gasteiger partial charge in [0.25, 0.3) is 22.2 Å². The molecule has 0 bridgehead atoms. The molecule has 5 aliphatic heterocycles. The Bertz CT molecular complexity index is 6630. The maximum atomic E-state index is 12.6. The third-order valence-electron chi connectivity index (χ3n) is 26.3. The fraction of sp³-hybridized carbons (Fsp3) is 0.398. The molecule has 724 valence electrons. The SMILES string of the molecule is CC(C)c1ccc(/C(=C/[C@H]2CCC(=O)C2)c2ccc(S(C)(=O)=O)cc2)[nH]c1=O.CC(C)c1ccc(/C(=C\C2CCOCC2)c2ccc(Cl)c(=O)[nH]2)cc1.CS(=O)(=O)c1ccc(/C(=C\[C@H]2CCC(=O)C2)C2CC=C(C3CC3)C(=O)N2)cc1.O=c1[nH]c(/C(=C/C2CCOCC2)c2ccc(N3CCOCC3)cc2)ccc1Cl.O=c1[nH]c(/C(=C/C2CCOCC2)c2ccc(S(=O)(=O)C3CC3)cc2)ccc1Cl. The highest BCUT2D eigenvalue weighted by atomic mass is 35.5. The number of rotatable bonds is 23. The van der Waals surface area contributed by atoms with Gasteiger partial charge in [-0.15, -0.1) is 0 Å². The van der Waals surface area contributed by atoms with Gasteiger partial charge in [-0.3, -0.25) is 33.6 Å². The van der Waals surface area contributed by atoms with Crippen LogP contribution in [0, 0.1) is 35.5 Å². The molecule has 9 aliphatic rings. The summed E-state index contributed by atoms with van der Waals surface area (Å²) in [4.78, 5) is 99.3. The van der Waals surface area contributed by atoms with Gasteiger partial charge in [0.1, 0.15) is 26.6 Å². The second kappa shape index (κ2) is 47.0. The number of pyridine rings is 4. The largest absolute Gasteiger partial charge is 0.381 e. The van der Waals surface area contributed by atoms with Crippen molar-refractivity contribution in [1.82, 2.24) is 25.3 Å². The highest BCUT2D eigenvalue weighted by Crippen LogP contribution is 2.42. The van der Waals surface area contributed by atoms with Gasteiger partial charge >= 0.3 is 0 Å². The molecule has 4 saturated heterocycles. The number of nitrogens with zero attached hydrogens (tertiary/aromatic N) is 1. The zero-order chi connectivity index (χ0) is 97.2. The molecule has 3 atom stereocenters. The zero-order valence-corrected chi connectivity index (χ0v) is 83.0. The molecule has 9 aromatic rings. The number of benzene rings is 5. The maximum Gasteiger partial charge on any atom is 0.267 e. The van der Waals surface area contributed by atoms with Crippen molar-refractivity contribution in [2.24, 2.45) is 35.5 Å². The quantitative estimate of drug-likeness (QED) is 0.0397. The molecule has 29 heteroatoms. The number of H-pyrrole nitrogens is 4. The molecule has 4 aromatic heterocycles. The number of anilines is 1. The first-order valence-electron chi connectivity index (χ1n) is 47.4. The molecule has 8 fully saturated rings. The van der Waals surface area contributed by atoms with Gasteiger partial charge in [0.15, 0.2) is 29.5 Å². The smallest absolute Gasteiger partial charge is 0.267 e. The Hall–Kier alpha value is -10.5. The average molecular weight is 1980 g/mol. The molecule has 18 rings (SSSR count). The Morgan fingerprint density at radius 3 is 1.09 bits per heavy atom. The lowest BCUT2D eigenvalue weighted by molar-refractivity contribution is -0.119. The number of aromatic nitrogens is 4. The molecule has 0 radical (unpaired) electrons. The number of morpholine rings is 1. The van der Waals surface area contributed by atoms with Gasteiger partial charge in [-0.25, -0.2) is 25.3 Å². The average Bonchev–Trinajstić information content (AvgIpc) is 1.70. The van der Waals surface area contributed by atoms with Crippen molar-refractivity contribution >= 4 is 115 Å². The number of Topliss-reactive ketones (excluding diaryl/α,β-unsaturated/α-hetero) is 2. The van der Waals surface area contributed by atoms with E-state index in [1.165, 1.54) is 23.8 Å². The van der Waals surface area contributed by atoms with Crippen molar-refractivity contribution in [2.45, 2.75) is 175 Å². The summed E-state index contributed by atoms with van der Waals surface area (Å²) in [6.45, 7) is 16.2. The first-order chi connectivity index (χ1) is 65.6. The number of carbonyl (C=O) groups is 3. The molecule has 0 spiro atoms. The number of nitrogens with one attached hydrogen (secondary N) is 5. The number of halogens is 3. The van der Waals surface area contributed by atoms with Crippen LogP contribution in [0.1, 0.15) is 210 Å². The van der Waals surface area contributed by atoms with E-state index < -0.39 is 29.5 Å². The van der Waals surface area contributed by atoms with Gasteiger partial charge in [-0.05, 0) is 261 Å². The Morgan fingerprint density at radius 2 is 0.737 bits per heavy atom. The van der Waals surface area contributed by atoms with Crippen molar-refractivity contribution in [3.8, 4) is 0 Å². The van der Waals surface area contributed by atoms with E-state index in [4.69, 9.17) is 53.8 Å². The number of amides is 1. The van der Waals surface area contributed by atoms with Crippen molar-refractivity contribution in [3.05, 3.63) is 330 Å². The zero-order valence-electron chi connectivity index (χ0n) is 78.2. The predicted molar refractivity (Wildman–Crippen MR) is 542 cm³/mol. The van der Waals surface area contributed by atoms with E-state index in [0.29, 0.717) is 90.3 Å². The second-order valence-electron chi connectivity index (χ2n) is 37.3. The van der Waals surface area contributed by atoms with Crippen LogP contribution in [0.15, 0.2) is 246 Å². The van der Waals surface area contributed by atoms with Crippen molar-refractivity contribution < 1.29 is 58.6 Å². The summed E-state index contributed by atoms with van der Waals surface area (Å²) in [6, 6.07) is 51.5. The third kappa shape index (κ3) is 28.2. The van der Waals surface area contributed by atoms with Crippen LogP contribution in [0.3, 0.4) is 0 Å². The number of hydrogen-bond donors (Lipinski definition) is 5. The Morgan fingerprint density at radius 1 is 0.380 bits per heavy atom. The lowest BCUT2D eigenvalue weighted by atomic mass is 9.88. The van der Waals surface area contributed by atoms with E-state index in [0.717, 1.165) is 209 Å². The van der Waals surface area contributed by atoms with E-state index in [2.05, 4.69) is 123 Å². The number of hydrogen-bond acceptors (Lipinski definition) is 18. The lowest BCUT2D eigenvalue weighted by Crippen LogP contribution is -2.40. The minimum absolute atomic E-state index is 0.0000885. The van der Waals surface area contributed by atoms with E-state index in [1.54, 1.807) is 84.9 Å². The normalized spacial score (nSPS) is 19.8.